The van der Waals surface area contributed by atoms with Crippen molar-refractivity contribution in [2.75, 3.05) is 0 Å². The molecule has 1 unspecified atom stereocenters. The maximum absolute atomic E-state index is 14.1. The molecule has 30 heavy (non-hydrogen) atoms. The van der Waals surface area contributed by atoms with E-state index >= 15 is 0 Å². The number of rotatable bonds is 6. The van der Waals surface area contributed by atoms with Gasteiger partial charge >= 0.3 is 184 Å². The predicted molar refractivity (Wildman–Crippen MR) is 105 cm³/mol. The molecule has 0 saturated carbocycles. The quantitative estimate of drug-likeness (QED) is 0.115. The zero-order valence-electron chi connectivity index (χ0n) is 16.6. The van der Waals surface area contributed by atoms with Gasteiger partial charge in [-0.05, 0) is 0 Å². The normalized spacial score (nSPS) is 12.4. The van der Waals surface area contributed by atoms with Crippen LogP contribution in [0.2, 0.25) is 0 Å². The van der Waals surface area contributed by atoms with Crippen LogP contribution in [0.3, 0.4) is 0 Å². The van der Waals surface area contributed by atoms with Gasteiger partial charge in [0.25, 0.3) is 0 Å². The SMILES string of the molecule is Cc1ccc(C([I-][B]c2c(F)c(F)c(F)c(F)c2F)c2ccc(C(C)C)cc2)cc1. The Morgan fingerprint density at radius 1 is 0.633 bits per heavy atom. The average molecular weight is 528 g/mol. The monoisotopic (exact) mass is 528 g/mol. The van der Waals surface area contributed by atoms with Gasteiger partial charge in [-0.3, -0.25) is 0 Å². The van der Waals surface area contributed by atoms with Gasteiger partial charge in [0.15, 0.2) is 0 Å². The van der Waals surface area contributed by atoms with Crippen LogP contribution < -0.4 is 26.5 Å². The second-order valence-electron chi connectivity index (χ2n) is 7.31. The van der Waals surface area contributed by atoms with Crippen LogP contribution in [0.4, 0.5) is 22.0 Å². The molecule has 3 aromatic carbocycles. The Balaban J connectivity index is 1.97. The summed E-state index contributed by atoms with van der Waals surface area (Å²) in [5.74, 6) is -9.20. The van der Waals surface area contributed by atoms with E-state index in [4.69, 9.17) is 0 Å². The summed E-state index contributed by atoms with van der Waals surface area (Å²) >= 11 is -1.14. The first-order chi connectivity index (χ1) is 14.2. The minimum absolute atomic E-state index is 0.194. The fourth-order valence-electron chi connectivity index (χ4n) is 2.97. The van der Waals surface area contributed by atoms with Gasteiger partial charge < -0.3 is 0 Å². The molecule has 0 fully saturated rings. The van der Waals surface area contributed by atoms with Gasteiger partial charge in [-0.1, -0.05) is 0 Å². The van der Waals surface area contributed by atoms with Crippen molar-refractivity contribution < 1.29 is 42.9 Å². The van der Waals surface area contributed by atoms with Gasteiger partial charge in [0.1, 0.15) is 0 Å². The van der Waals surface area contributed by atoms with E-state index in [9.17, 15) is 22.0 Å². The van der Waals surface area contributed by atoms with E-state index in [1.807, 2.05) is 55.5 Å². The van der Waals surface area contributed by atoms with Crippen molar-refractivity contribution in [3.63, 3.8) is 0 Å². The van der Waals surface area contributed by atoms with Crippen LogP contribution in [-0.2, 0) is 0 Å². The molecule has 0 bridgehead atoms. The Morgan fingerprint density at radius 3 is 1.50 bits per heavy atom. The second-order valence-corrected chi connectivity index (χ2v) is 9.90. The molecule has 3 rings (SSSR count). The molecule has 0 aliphatic heterocycles. The van der Waals surface area contributed by atoms with Crippen LogP contribution in [0.5, 0.6) is 0 Å². The predicted octanol–water partition coefficient (Wildman–Crippen LogP) is 2.94. The summed E-state index contributed by atoms with van der Waals surface area (Å²) in [6, 6.07) is 15.7. The summed E-state index contributed by atoms with van der Waals surface area (Å²) in [5, 5.41) is 1.19. The number of hydrogen-bond acceptors (Lipinski definition) is 0. The van der Waals surface area contributed by atoms with E-state index in [1.165, 1.54) is 5.14 Å². The van der Waals surface area contributed by atoms with E-state index < -0.39 is 55.5 Å². The molecule has 1 radical (unpaired) electrons. The molecule has 0 nitrogen and oxygen atoms in total. The van der Waals surface area contributed by atoms with Crippen LogP contribution in [-0.4, -0.2) is 5.14 Å². The molecule has 0 spiro atoms. The van der Waals surface area contributed by atoms with Gasteiger partial charge in [-0.2, -0.15) is 0 Å². The summed E-state index contributed by atoms with van der Waals surface area (Å²) in [4.78, 5) is 0. The number of benzene rings is 3. The minimum atomic E-state index is -2.14. The van der Waals surface area contributed by atoms with Gasteiger partial charge in [-0.25, -0.2) is 0 Å². The summed E-state index contributed by atoms with van der Waals surface area (Å²) in [7, 11) is 0. The molecular weight excluding hydrogens is 509 g/mol. The zero-order valence-corrected chi connectivity index (χ0v) is 18.8. The van der Waals surface area contributed by atoms with E-state index in [0.717, 1.165) is 22.3 Å². The molecule has 7 heteroatoms. The fraction of sp³-hybridized carbons (Fsp3) is 0.217. The van der Waals surface area contributed by atoms with Crippen LogP contribution >= 0.6 is 0 Å². The summed E-state index contributed by atoms with van der Waals surface area (Å²) in [5.41, 5.74) is 3.25. The van der Waals surface area contributed by atoms with Crippen LogP contribution in [0, 0.1) is 36.0 Å². The average Bonchev–Trinajstić information content (AvgIpc) is 2.74. The Labute approximate surface area is 183 Å². The van der Waals surface area contributed by atoms with Gasteiger partial charge in [0.2, 0.25) is 0 Å². The van der Waals surface area contributed by atoms with Crippen LogP contribution in [0.25, 0.3) is 0 Å². The van der Waals surface area contributed by atoms with Crippen molar-refractivity contribution in [1.29, 1.82) is 0 Å². The van der Waals surface area contributed by atoms with E-state index in [2.05, 4.69) is 13.8 Å². The number of hydrogen-bond donors (Lipinski definition) is 0. The van der Waals surface area contributed by atoms with Gasteiger partial charge in [0.05, 0.1) is 0 Å². The third-order valence-electron chi connectivity index (χ3n) is 4.81. The molecule has 0 amide bonds. The summed E-state index contributed by atoms with van der Waals surface area (Å²) < 4.78 is 68.5. The second kappa shape index (κ2) is 9.50. The standard InChI is InChI=1S/C23H19BF5I/c1-12(2)14-8-10-16(11-9-14)23(15-6-4-13(3)5-7-15)30-24-17-18(25)20(27)22(29)21(28)19(17)26/h4-12,23H,1-3H3/q-1. The van der Waals surface area contributed by atoms with Gasteiger partial charge in [-0.15, -0.1) is 0 Å². The van der Waals surface area contributed by atoms with Crippen molar-refractivity contribution >= 4 is 10.6 Å². The number of halogens is 6. The van der Waals surface area contributed by atoms with Crippen molar-refractivity contribution in [3.8, 4) is 0 Å². The summed E-state index contributed by atoms with van der Waals surface area (Å²) in [6.07, 6.45) is 0. The van der Waals surface area contributed by atoms with E-state index in [-0.39, 0.29) is 3.92 Å². The molecule has 0 aromatic heterocycles. The Morgan fingerprint density at radius 2 is 1.03 bits per heavy atom. The topological polar surface area (TPSA) is 0 Å². The molecule has 157 valence electrons. The molecule has 0 saturated heterocycles. The molecule has 3 aromatic rings. The third-order valence-corrected chi connectivity index (χ3v) is 7.95. The Hall–Kier alpha value is -1.90. The van der Waals surface area contributed by atoms with Gasteiger partial charge in [0, 0.05) is 0 Å². The van der Waals surface area contributed by atoms with E-state index in [1.54, 1.807) is 0 Å². The maximum atomic E-state index is 14.1. The summed E-state index contributed by atoms with van der Waals surface area (Å²) in [6.45, 7) is 6.11. The molecule has 1 atom stereocenters. The Bertz CT molecular complexity index is 1000. The van der Waals surface area contributed by atoms with Crippen LogP contribution in [0.1, 0.15) is 45.9 Å². The molecule has 0 aliphatic carbocycles. The molecule has 0 heterocycles. The van der Waals surface area contributed by atoms with Crippen molar-refractivity contribution in [2.24, 2.45) is 0 Å². The van der Waals surface area contributed by atoms with Crippen molar-refractivity contribution in [1.82, 2.24) is 0 Å². The number of aryl methyl sites for hydroxylation is 1. The first-order valence-electron chi connectivity index (χ1n) is 9.33. The van der Waals surface area contributed by atoms with Crippen molar-refractivity contribution in [3.05, 3.63) is 99.9 Å². The molecular formula is C23H19BF5I-. The zero-order chi connectivity index (χ0) is 22.0. The van der Waals surface area contributed by atoms with Crippen LogP contribution in [0.15, 0.2) is 48.5 Å². The van der Waals surface area contributed by atoms with Crippen molar-refractivity contribution in [2.45, 2.75) is 30.6 Å². The fourth-order valence-corrected chi connectivity index (χ4v) is 5.89. The molecule has 0 N–H and O–H groups in total. The molecule has 0 aliphatic rings. The van der Waals surface area contributed by atoms with E-state index in [0.29, 0.717) is 5.92 Å². The first kappa shape index (κ1) is 22.8. The number of alkyl halides is 1. The third kappa shape index (κ3) is 4.71. The first-order valence-corrected chi connectivity index (χ1v) is 11.8. The Kier molecular flexibility index (Phi) is 7.21.